The van der Waals surface area contributed by atoms with E-state index >= 15 is 0 Å². The molecule has 11 heteroatoms. The van der Waals surface area contributed by atoms with Crippen LogP contribution >= 0.6 is 23.1 Å². The quantitative estimate of drug-likeness (QED) is 0.138. The standard InChI is InChI=1S/C27H26N4O5S2/c1-3-36-18-10-8-17(9-11-18)31-26(34)24-19-5-4-6-22(19)38-25(24)29-27(31)37-15-23(33)30-28-14-16-7-12-20(32)21(13-16)35-2/h7-14,32H,3-6,15H2,1-2H3,(H,30,33). The van der Waals surface area contributed by atoms with E-state index in [2.05, 4.69) is 10.5 Å². The van der Waals surface area contributed by atoms with Crippen LogP contribution in [0.3, 0.4) is 0 Å². The van der Waals surface area contributed by atoms with Gasteiger partial charge < -0.3 is 14.6 Å². The molecule has 5 rings (SSSR count). The fraction of sp³-hybridized carbons (Fsp3) is 0.259. The van der Waals surface area contributed by atoms with Gasteiger partial charge in [0.05, 0.1) is 36.8 Å². The van der Waals surface area contributed by atoms with Crippen LogP contribution in [-0.4, -0.2) is 46.2 Å². The van der Waals surface area contributed by atoms with Gasteiger partial charge in [-0.25, -0.2) is 10.4 Å². The number of rotatable bonds is 9. The minimum atomic E-state index is -0.349. The van der Waals surface area contributed by atoms with Crippen molar-refractivity contribution in [3.8, 4) is 22.9 Å². The van der Waals surface area contributed by atoms with Crippen molar-refractivity contribution in [2.24, 2.45) is 5.10 Å². The predicted octanol–water partition coefficient (Wildman–Crippen LogP) is 4.29. The number of carbonyl (C=O) groups excluding carboxylic acids is 1. The maximum atomic E-state index is 13.8. The molecule has 0 radical (unpaired) electrons. The molecule has 0 bridgehead atoms. The average molecular weight is 551 g/mol. The topological polar surface area (TPSA) is 115 Å². The van der Waals surface area contributed by atoms with Gasteiger partial charge in [0.15, 0.2) is 16.7 Å². The van der Waals surface area contributed by atoms with Crippen molar-refractivity contribution in [1.82, 2.24) is 15.0 Å². The van der Waals surface area contributed by atoms with Crippen molar-refractivity contribution in [3.05, 3.63) is 68.8 Å². The molecule has 0 saturated carbocycles. The Morgan fingerprint density at radius 2 is 2.08 bits per heavy atom. The first-order valence-electron chi connectivity index (χ1n) is 12.1. The summed E-state index contributed by atoms with van der Waals surface area (Å²) >= 11 is 2.74. The summed E-state index contributed by atoms with van der Waals surface area (Å²) in [7, 11) is 1.46. The molecule has 9 nitrogen and oxygen atoms in total. The van der Waals surface area contributed by atoms with E-state index < -0.39 is 0 Å². The molecule has 1 aliphatic rings. The van der Waals surface area contributed by atoms with Crippen LogP contribution in [0.5, 0.6) is 17.2 Å². The van der Waals surface area contributed by atoms with E-state index in [-0.39, 0.29) is 23.0 Å². The van der Waals surface area contributed by atoms with Gasteiger partial charge in [-0.15, -0.1) is 11.3 Å². The minimum Gasteiger partial charge on any atom is -0.504 e. The van der Waals surface area contributed by atoms with Gasteiger partial charge in [0.25, 0.3) is 11.5 Å². The van der Waals surface area contributed by atoms with E-state index in [1.807, 2.05) is 31.2 Å². The number of hydrazone groups is 1. The lowest BCUT2D eigenvalue weighted by Gasteiger charge is -2.13. The van der Waals surface area contributed by atoms with Gasteiger partial charge in [-0.05, 0) is 79.8 Å². The number of nitrogens with one attached hydrogen (secondary N) is 1. The molecule has 0 aliphatic heterocycles. The van der Waals surface area contributed by atoms with E-state index in [0.717, 1.165) is 24.8 Å². The zero-order valence-electron chi connectivity index (χ0n) is 20.9. The Morgan fingerprint density at radius 3 is 2.84 bits per heavy atom. The number of thioether (sulfide) groups is 1. The van der Waals surface area contributed by atoms with Crippen LogP contribution in [-0.2, 0) is 17.6 Å². The molecule has 2 aromatic heterocycles. The maximum absolute atomic E-state index is 13.8. The molecule has 0 spiro atoms. The fourth-order valence-electron chi connectivity index (χ4n) is 4.32. The lowest BCUT2D eigenvalue weighted by molar-refractivity contribution is -0.118. The Labute approximate surface area is 227 Å². The van der Waals surface area contributed by atoms with Crippen LogP contribution in [0.1, 0.15) is 29.3 Å². The highest BCUT2D eigenvalue weighted by atomic mass is 32.2. The molecule has 4 aromatic rings. The van der Waals surface area contributed by atoms with Gasteiger partial charge >= 0.3 is 0 Å². The number of phenols is 1. The van der Waals surface area contributed by atoms with Gasteiger partial charge in [0, 0.05) is 4.88 Å². The summed E-state index contributed by atoms with van der Waals surface area (Å²) in [4.78, 5) is 33.1. The summed E-state index contributed by atoms with van der Waals surface area (Å²) in [5, 5.41) is 14.8. The number of amides is 1. The minimum absolute atomic E-state index is 0.0102. The molecule has 0 saturated heterocycles. The van der Waals surface area contributed by atoms with Crippen LogP contribution in [0.4, 0.5) is 0 Å². The number of aromatic hydroxyl groups is 1. The molecule has 1 aliphatic carbocycles. The third kappa shape index (κ3) is 5.25. The second kappa shape index (κ2) is 11.3. The lowest BCUT2D eigenvalue weighted by atomic mass is 10.2. The summed E-state index contributed by atoms with van der Waals surface area (Å²) in [6.07, 6.45) is 4.36. The first-order valence-corrected chi connectivity index (χ1v) is 13.9. The Hall–Kier alpha value is -3.83. The number of nitrogens with zero attached hydrogens (tertiary/aromatic N) is 3. The Kier molecular flexibility index (Phi) is 7.66. The zero-order chi connectivity index (χ0) is 26.6. The number of hydrogen-bond acceptors (Lipinski definition) is 9. The van der Waals surface area contributed by atoms with Gasteiger partial charge in [-0.1, -0.05) is 11.8 Å². The smallest absolute Gasteiger partial charge is 0.267 e. The molecule has 196 valence electrons. The van der Waals surface area contributed by atoms with Crippen LogP contribution in [0.2, 0.25) is 0 Å². The van der Waals surface area contributed by atoms with Crippen molar-refractivity contribution in [3.63, 3.8) is 0 Å². The summed E-state index contributed by atoms with van der Waals surface area (Å²) in [6.45, 7) is 2.46. The van der Waals surface area contributed by atoms with E-state index in [1.165, 1.54) is 36.0 Å². The molecular formula is C27H26N4O5S2. The molecule has 38 heavy (non-hydrogen) atoms. The van der Waals surface area contributed by atoms with Crippen molar-refractivity contribution >= 4 is 45.4 Å². The van der Waals surface area contributed by atoms with E-state index in [4.69, 9.17) is 14.5 Å². The second-order valence-electron chi connectivity index (χ2n) is 8.51. The predicted molar refractivity (Wildman–Crippen MR) is 150 cm³/mol. The van der Waals surface area contributed by atoms with Crippen LogP contribution in [0, 0.1) is 0 Å². The first-order chi connectivity index (χ1) is 18.5. The summed E-state index contributed by atoms with van der Waals surface area (Å²) < 4.78 is 12.2. The molecule has 0 atom stereocenters. The Bertz CT molecular complexity index is 1580. The number of hydrogen-bond donors (Lipinski definition) is 2. The normalized spacial score (nSPS) is 12.7. The second-order valence-corrected chi connectivity index (χ2v) is 10.5. The number of methoxy groups -OCH3 is 1. The molecule has 0 fully saturated rings. The van der Waals surface area contributed by atoms with E-state index in [1.54, 1.807) is 28.0 Å². The largest absolute Gasteiger partial charge is 0.504 e. The highest BCUT2D eigenvalue weighted by Crippen LogP contribution is 2.36. The zero-order valence-corrected chi connectivity index (χ0v) is 22.5. The van der Waals surface area contributed by atoms with Crippen molar-refractivity contribution < 1.29 is 19.4 Å². The fourth-order valence-corrected chi connectivity index (χ4v) is 6.43. The number of aryl methyl sites for hydroxylation is 2. The molecule has 1 amide bonds. The number of thiophene rings is 1. The van der Waals surface area contributed by atoms with Crippen LogP contribution in [0.15, 0.2) is 57.5 Å². The Balaban J connectivity index is 1.39. The maximum Gasteiger partial charge on any atom is 0.267 e. The van der Waals surface area contributed by atoms with Crippen molar-refractivity contribution in [2.75, 3.05) is 19.5 Å². The van der Waals surface area contributed by atoms with Gasteiger partial charge in [-0.3, -0.25) is 14.2 Å². The third-order valence-corrected chi connectivity index (χ3v) is 8.18. The van der Waals surface area contributed by atoms with Crippen LogP contribution in [0.25, 0.3) is 15.9 Å². The lowest BCUT2D eigenvalue weighted by Crippen LogP contribution is -2.24. The van der Waals surface area contributed by atoms with E-state index in [0.29, 0.717) is 44.7 Å². The Morgan fingerprint density at radius 1 is 1.26 bits per heavy atom. The SMILES string of the molecule is CCOc1ccc(-n2c(SCC(=O)NN=Cc3ccc(O)c(OC)c3)nc3sc4c(c3c2=O)CCC4)cc1. The number of phenolic OH excluding ortho intramolecular Hbond substituents is 1. The monoisotopic (exact) mass is 550 g/mol. The van der Waals surface area contributed by atoms with Crippen molar-refractivity contribution in [2.45, 2.75) is 31.3 Å². The molecule has 2 N–H and O–H groups in total. The number of carbonyl (C=O) groups is 1. The van der Waals surface area contributed by atoms with Gasteiger partial charge in [-0.2, -0.15) is 5.10 Å². The molecule has 0 unspecified atom stereocenters. The van der Waals surface area contributed by atoms with Crippen LogP contribution < -0.4 is 20.5 Å². The van der Waals surface area contributed by atoms with Gasteiger partial charge in [0.1, 0.15) is 10.6 Å². The number of aromatic nitrogens is 2. The van der Waals surface area contributed by atoms with Gasteiger partial charge in [0.2, 0.25) is 0 Å². The highest BCUT2D eigenvalue weighted by Gasteiger charge is 2.24. The number of ether oxygens (including phenoxy) is 2. The van der Waals surface area contributed by atoms with E-state index in [9.17, 15) is 14.7 Å². The highest BCUT2D eigenvalue weighted by molar-refractivity contribution is 7.99. The molecular weight excluding hydrogens is 524 g/mol. The third-order valence-electron chi connectivity index (χ3n) is 6.05. The molecule has 2 heterocycles. The summed E-state index contributed by atoms with van der Waals surface area (Å²) in [5.74, 6) is 0.704. The van der Waals surface area contributed by atoms with Crippen molar-refractivity contribution in [1.29, 1.82) is 0 Å². The molecule has 2 aromatic carbocycles. The summed E-state index contributed by atoms with van der Waals surface area (Å²) in [6, 6.07) is 12.0. The summed E-state index contributed by atoms with van der Waals surface area (Å²) in [5.41, 5.74) is 4.79. The number of fused-ring (bicyclic) bond motifs is 3. The average Bonchev–Trinajstić information content (AvgIpc) is 3.50. The first kappa shape index (κ1) is 25.8. The number of benzene rings is 2.